The molecule has 2 aromatic carbocycles. The first-order valence-electron chi connectivity index (χ1n) is 11.4. The summed E-state index contributed by atoms with van der Waals surface area (Å²) < 4.78 is 8.49. The number of thioether (sulfide) groups is 1. The van der Waals surface area contributed by atoms with Crippen LogP contribution < -0.4 is 10.1 Å². The molecule has 1 aromatic heterocycles. The fourth-order valence-corrected chi connectivity index (χ4v) is 5.41. The number of ether oxygens (including phenoxy) is 1. The Hall–Kier alpha value is -2.31. The fraction of sp³-hybridized carbons (Fsp3) is 0.440. The van der Waals surface area contributed by atoms with Crippen LogP contribution in [-0.2, 0) is 13.2 Å². The number of hydrogen-bond donors (Lipinski definition) is 1. The molecule has 3 aromatic rings. The van der Waals surface area contributed by atoms with E-state index in [9.17, 15) is 0 Å². The van der Waals surface area contributed by atoms with Crippen LogP contribution in [0, 0.1) is 5.92 Å². The predicted octanol–water partition coefficient (Wildman–Crippen LogP) is 4.89. The second-order valence-corrected chi connectivity index (χ2v) is 9.45. The van der Waals surface area contributed by atoms with Crippen molar-refractivity contribution in [3.05, 3.63) is 59.9 Å². The summed E-state index contributed by atoms with van der Waals surface area (Å²) in [5.41, 5.74) is 3.43. The maximum Gasteiger partial charge on any atom is 0.147 e. The number of nitrogens with one attached hydrogen (secondary N) is 1. The van der Waals surface area contributed by atoms with Crippen LogP contribution in [0.5, 0.6) is 5.75 Å². The van der Waals surface area contributed by atoms with Gasteiger partial charge in [0.25, 0.3) is 0 Å². The van der Waals surface area contributed by atoms with E-state index in [2.05, 4.69) is 51.3 Å². The van der Waals surface area contributed by atoms with E-state index in [0.29, 0.717) is 6.61 Å². The fourth-order valence-electron chi connectivity index (χ4n) is 4.54. The Morgan fingerprint density at radius 1 is 1.13 bits per heavy atom. The highest BCUT2D eigenvalue weighted by atomic mass is 32.2. The van der Waals surface area contributed by atoms with Crippen molar-refractivity contribution in [2.75, 3.05) is 25.4 Å². The summed E-state index contributed by atoms with van der Waals surface area (Å²) >= 11 is 1.83. The normalized spacial score (nSPS) is 19.0. The third kappa shape index (κ3) is 4.96. The second kappa shape index (κ2) is 9.88. The molecule has 162 valence electrons. The molecule has 5 rings (SSSR count). The minimum absolute atomic E-state index is 0.481. The summed E-state index contributed by atoms with van der Waals surface area (Å²) in [6.45, 7) is 4.74. The van der Waals surface area contributed by atoms with Gasteiger partial charge >= 0.3 is 0 Å². The van der Waals surface area contributed by atoms with Crippen molar-refractivity contribution < 1.29 is 4.74 Å². The van der Waals surface area contributed by atoms with E-state index >= 15 is 0 Å². The first-order valence-corrected chi connectivity index (χ1v) is 12.4. The average molecular weight is 435 g/mol. The Balaban J connectivity index is 1.25. The highest BCUT2D eigenvalue weighted by molar-refractivity contribution is 8.14. The van der Waals surface area contributed by atoms with Crippen molar-refractivity contribution in [2.45, 2.75) is 38.8 Å². The van der Waals surface area contributed by atoms with Crippen molar-refractivity contribution in [1.82, 2.24) is 14.9 Å². The van der Waals surface area contributed by atoms with Crippen LogP contribution in [0.4, 0.5) is 0 Å². The number of piperidine rings is 1. The maximum absolute atomic E-state index is 6.14. The van der Waals surface area contributed by atoms with Gasteiger partial charge in [0, 0.05) is 24.4 Å². The number of aromatic nitrogens is 2. The average Bonchev–Trinajstić information content (AvgIpc) is 3.47. The zero-order valence-corrected chi connectivity index (χ0v) is 18.7. The van der Waals surface area contributed by atoms with Gasteiger partial charge < -0.3 is 14.6 Å². The van der Waals surface area contributed by atoms with E-state index in [1.165, 1.54) is 49.9 Å². The molecule has 0 amide bonds. The molecular weight excluding hydrogens is 404 g/mol. The van der Waals surface area contributed by atoms with Gasteiger partial charge in [0.05, 0.1) is 16.1 Å². The number of rotatable bonds is 8. The summed E-state index contributed by atoms with van der Waals surface area (Å²) in [6.07, 6.45) is 5.11. The Labute approximate surface area is 188 Å². The molecule has 3 heterocycles. The Morgan fingerprint density at radius 3 is 2.84 bits per heavy atom. The van der Waals surface area contributed by atoms with Crippen molar-refractivity contribution in [3.63, 3.8) is 0 Å². The minimum Gasteiger partial charge on any atom is -0.486 e. The molecule has 1 saturated heterocycles. The predicted molar refractivity (Wildman–Crippen MR) is 129 cm³/mol. The second-order valence-electron chi connectivity index (χ2n) is 8.37. The van der Waals surface area contributed by atoms with Crippen molar-refractivity contribution in [1.29, 1.82) is 0 Å². The molecule has 0 bridgehead atoms. The van der Waals surface area contributed by atoms with Gasteiger partial charge in [0.2, 0.25) is 0 Å². The molecule has 1 atom stereocenters. The molecule has 5 nitrogen and oxygen atoms in total. The third-order valence-electron chi connectivity index (χ3n) is 6.18. The molecule has 2 aliphatic rings. The minimum atomic E-state index is 0.481. The zero-order valence-electron chi connectivity index (χ0n) is 17.9. The Kier molecular flexibility index (Phi) is 6.56. The summed E-state index contributed by atoms with van der Waals surface area (Å²) in [7, 11) is 0. The monoisotopic (exact) mass is 434 g/mol. The van der Waals surface area contributed by atoms with Crippen LogP contribution in [0.2, 0.25) is 0 Å². The SMILES string of the molecule is c1ccc2c(c1)nc(COc1ccc(C3=NCCS3)cc1)n2CCCC1CCCNC1. The van der Waals surface area contributed by atoms with E-state index < -0.39 is 0 Å². The smallest absolute Gasteiger partial charge is 0.147 e. The van der Waals surface area contributed by atoms with Crippen molar-refractivity contribution in [3.8, 4) is 5.75 Å². The maximum atomic E-state index is 6.14. The molecule has 1 N–H and O–H groups in total. The van der Waals surface area contributed by atoms with Crippen LogP contribution in [0.15, 0.2) is 53.5 Å². The van der Waals surface area contributed by atoms with E-state index in [0.717, 1.165) is 46.9 Å². The summed E-state index contributed by atoms with van der Waals surface area (Å²) in [4.78, 5) is 9.43. The number of benzene rings is 2. The molecule has 6 heteroatoms. The number of para-hydroxylation sites is 2. The van der Waals surface area contributed by atoms with E-state index in [4.69, 9.17) is 9.72 Å². The highest BCUT2D eigenvalue weighted by Crippen LogP contribution is 2.24. The number of fused-ring (bicyclic) bond motifs is 1. The quantitative estimate of drug-likeness (QED) is 0.549. The molecule has 1 fully saturated rings. The molecule has 0 aliphatic carbocycles. The lowest BCUT2D eigenvalue weighted by Crippen LogP contribution is -2.29. The lowest BCUT2D eigenvalue weighted by molar-refractivity contribution is 0.287. The Morgan fingerprint density at radius 2 is 2.03 bits per heavy atom. The first-order chi connectivity index (χ1) is 15.4. The molecule has 31 heavy (non-hydrogen) atoms. The van der Waals surface area contributed by atoms with Crippen molar-refractivity contribution in [2.24, 2.45) is 10.9 Å². The van der Waals surface area contributed by atoms with Crippen LogP contribution >= 0.6 is 11.8 Å². The van der Waals surface area contributed by atoms with Crippen LogP contribution in [0.3, 0.4) is 0 Å². The number of aliphatic imine (C=N–C) groups is 1. The highest BCUT2D eigenvalue weighted by Gasteiger charge is 2.15. The molecule has 1 unspecified atom stereocenters. The van der Waals surface area contributed by atoms with Gasteiger partial charge in [-0.3, -0.25) is 4.99 Å². The van der Waals surface area contributed by atoms with Gasteiger partial charge in [-0.1, -0.05) is 12.1 Å². The van der Waals surface area contributed by atoms with Gasteiger partial charge in [-0.15, -0.1) is 11.8 Å². The standard InChI is InChI=1S/C25H30N4OS/c1-2-8-23-22(7-1)28-24(29(23)15-4-6-19-5-3-13-26-17-19)18-30-21-11-9-20(10-12-21)25-27-14-16-31-25/h1-2,7-12,19,26H,3-6,13-18H2. The van der Waals surface area contributed by atoms with Crippen molar-refractivity contribution >= 4 is 27.8 Å². The number of imidazole rings is 1. The molecule has 0 spiro atoms. The van der Waals surface area contributed by atoms with E-state index in [1.54, 1.807) is 0 Å². The van der Waals surface area contributed by atoms with Gasteiger partial charge in [0.15, 0.2) is 0 Å². The lowest BCUT2D eigenvalue weighted by Gasteiger charge is -2.22. The largest absolute Gasteiger partial charge is 0.486 e. The summed E-state index contributed by atoms with van der Waals surface area (Å²) in [5.74, 6) is 3.77. The number of nitrogens with zero attached hydrogens (tertiary/aromatic N) is 3. The molecule has 0 saturated carbocycles. The summed E-state index contributed by atoms with van der Waals surface area (Å²) in [5, 5.41) is 4.67. The summed E-state index contributed by atoms with van der Waals surface area (Å²) in [6, 6.07) is 16.7. The zero-order chi connectivity index (χ0) is 20.9. The van der Waals surface area contributed by atoms with Gasteiger partial charge in [-0.05, 0) is 81.1 Å². The van der Waals surface area contributed by atoms with Crippen LogP contribution in [-0.4, -0.2) is 40.0 Å². The lowest BCUT2D eigenvalue weighted by atomic mass is 9.95. The third-order valence-corrected chi connectivity index (χ3v) is 7.21. The Bertz CT molecular complexity index is 1040. The van der Waals surface area contributed by atoms with Crippen LogP contribution in [0.25, 0.3) is 11.0 Å². The van der Waals surface area contributed by atoms with E-state index in [1.807, 2.05) is 23.9 Å². The van der Waals surface area contributed by atoms with Crippen LogP contribution in [0.1, 0.15) is 37.1 Å². The van der Waals surface area contributed by atoms with Gasteiger partial charge in [-0.25, -0.2) is 4.98 Å². The number of aryl methyl sites for hydroxylation is 1. The first kappa shape index (κ1) is 20.6. The molecular formula is C25H30N4OS. The van der Waals surface area contributed by atoms with Gasteiger partial charge in [-0.2, -0.15) is 0 Å². The molecule has 2 aliphatic heterocycles. The van der Waals surface area contributed by atoms with Gasteiger partial charge in [0.1, 0.15) is 18.2 Å². The molecule has 0 radical (unpaired) electrons. The van der Waals surface area contributed by atoms with E-state index in [-0.39, 0.29) is 0 Å². The topological polar surface area (TPSA) is 51.4 Å². The number of hydrogen-bond acceptors (Lipinski definition) is 5.